The van der Waals surface area contributed by atoms with Crippen LogP contribution in [0.2, 0.25) is 0 Å². The number of amides is 1. The van der Waals surface area contributed by atoms with Gasteiger partial charge in [0.25, 0.3) is 5.91 Å². The molecule has 0 aliphatic heterocycles. The molecule has 0 fully saturated rings. The minimum Gasteiger partial charge on any atom is -0.319 e. The number of nitrogens with one attached hydrogen (secondary N) is 1. The van der Waals surface area contributed by atoms with Crippen molar-refractivity contribution >= 4 is 11.6 Å². The van der Waals surface area contributed by atoms with E-state index in [0.717, 1.165) is 0 Å². The molecule has 0 saturated heterocycles. The lowest BCUT2D eigenvalue weighted by Gasteiger charge is -1.99. The number of hydrogen-bond acceptors (Lipinski definition) is 4. The molecule has 3 aromatic rings. The van der Waals surface area contributed by atoms with Gasteiger partial charge in [-0.05, 0) is 12.1 Å². The van der Waals surface area contributed by atoms with Gasteiger partial charge < -0.3 is 5.32 Å². The maximum atomic E-state index is 12.0. The van der Waals surface area contributed by atoms with Crippen LogP contribution in [0, 0.1) is 0 Å². The number of rotatable bonds is 3. The molecule has 1 N–H and O–H groups in total. The number of aryl methyl sites for hydroxylation is 1. The van der Waals surface area contributed by atoms with Gasteiger partial charge in [0.05, 0.1) is 29.8 Å². The van der Waals surface area contributed by atoms with Gasteiger partial charge in [-0.1, -0.05) is 6.07 Å². The minimum atomic E-state index is -0.223. The Hall–Kier alpha value is -2.96. The number of nitrogens with zero attached hydrogens (tertiary/aromatic N) is 5. The van der Waals surface area contributed by atoms with E-state index in [1.807, 2.05) is 18.2 Å². The first-order valence-corrected chi connectivity index (χ1v) is 5.98. The van der Waals surface area contributed by atoms with E-state index in [1.165, 1.54) is 6.20 Å². The summed E-state index contributed by atoms with van der Waals surface area (Å²) in [5, 5.41) is 10.9. The summed E-state index contributed by atoms with van der Waals surface area (Å²) in [6, 6.07) is 5.54. The van der Waals surface area contributed by atoms with Crippen molar-refractivity contribution in [2.75, 3.05) is 5.32 Å². The summed E-state index contributed by atoms with van der Waals surface area (Å²) in [5.74, 6) is 0.466. The molecule has 0 unspecified atom stereocenters. The summed E-state index contributed by atoms with van der Waals surface area (Å²) in [6.07, 6.45) is 8.13. The predicted molar refractivity (Wildman–Crippen MR) is 72.5 cm³/mol. The van der Waals surface area contributed by atoms with Crippen LogP contribution in [-0.4, -0.2) is 30.5 Å². The molecule has 0 bridgehead atoms. The van der Waals surface area contributed by atoms with Crippen molar-refractivity contribution in [1.29, 1.82) is 0 Å². The zero-order valence-electron chi connectivity index (χ0n) is 10.8. The molecule has 0 aromatic carbocycles. The van der Waals surface area contributed by atoms with Crippen LogP contribution in [0.3, 0.4) is 0 Å². The van der Waals surface area contributed by atoms with Gasteiger partial charge >= 0.3 is 0 Å². The number of aromatic nitrogens is 5. The van der Waals surface area contributed by atoms with Gasteiger partial charge in [-0.2, -0.15) is 10.2 Å². The van der Waals surface area contributed by atoms with E-state index in [9.17, 15) is 4.79 Å². The fraction of sp³-hybridized carbons (Fsp3) is 0.0769. The molecule has 7 nitrogen and oxygen atoms in total. The van der Waals surface area contributed by atoms with E-state index in [1.54, 1.807) is 41.2 Å². The van der Waals surface area contributed by atoms with Crippen molar-refractivity contribution in [2.45, 2.75) is 0 Å². The van der Waals surface area contributed by atoms with Gasteiger partial charge in [0.1, 0.15) is 0 Å². The summed E-state index contributed by atoms with van der Waals surface area (Å²) >= 11 is 0. The predicted octanol–water partition coefficient (Wildman–Crippen LogP) is 1.25. The zero-order valence-corrected chi connectivity index (χ0v) is 10.8. The first-order chi connectivity index (χ1) is 9.72. The molecule has 3 heterocycles. The lowest BCUT2D eigenvalue weighted by Crippen LogP contribution is -2.10. The van der Waals surface area contributed by atoms with E-state index in [2.05, 4.69) is 20.5 Å². The normalized spacial score (nSPS) is 10.4. The summed E-state index contributed by atoms with van der Waals surface area (Å²) in [7, 11) is 1.76. The van der Waals surface area contributed by atoms with Crippen LogP contribution in [0.5, 0.6) is 0 Å². The molecular formula is C13H12N6O. The second-order valence-electron chi connectivity index (χ2n) is 4.22. The zero-order chi connectivity index (χ0) is 13.9. The molecule has 3 rings (SSSR count). The van der Waals surface area contributed by atoms with Crippen LogP contribution in [-0.2, 0) is 7.05 Å². The van der Waals surface area contributed by atoms with Crippen LogP contribution in [0.1, 0.15) is 10.4 Å². The number of anilines is 1. The highest BCUT2D eigenvalue weighted by Crippen LogP contribution is 2.10. The Morgan fingerprint density at radius 1 is 1.20 bits per heavy atom. The Morgan fingerprint density at radius 3 is 2.80 bits per heavy atom. The molecule has 3 aromatic heterocycles. The Labute approximate surface area is 114 Å². The average Bonchev–Trinajstić information content (AvgIpc) is 3.09. The topological polar surface area (TPSA) is 77.6 Å². The molecule has 0 spiro atoms. The van der Waals surface area contributed by atoms with Crippen molar-refractivity contribution in [1.82, 2.24) is 24.5 Å². The summed E-state index contributed by atoms with van der Waals surface area (Å²) < 4.78 is 3.17. The van der Waals surface area contributed by atoms with Crippen molar-refractivity contribution in [3.05, 3.63) is 54.7 Å². The van der Waals surface area contributed by atoms with E-state index >= 15 is 0 Å². The molecule has 20 heavy (non-hydrogen) atoms. The average molecular weight is 268 g/mol. The van der Waals surface area contributed by atoms with Gasteiger partial charge in [0, 0.05) is 19.4 Å². The fourth-order valence-electron chi connectivity index (χ4n) is 1.74. The second-order valence-corrected chi connectivity index (χ2v) is 4.22. The molecule has 100 valence electrons. The van der Waals surface area contributed by atoms with Crippen molar-refractivity contribution in [3.8, 4) is 5.82 Å². The lowest BCUT2D eigenvalue weighted by atomic mass is 10.3. The maximum Gasteiger partial charge on any atom is 0.258 e. The third kappa shape index (κ3) is 2.41. The Morgan fingerprint density at radius 2 is 2.10 bits per heavy atom. The maximum absolute atomic E-state index is 12.0. The van der Waals surface area contributed by atoms with Crippen molar-refractivity contribution in [2.24, 2.45) is 7.05 Å². The van der Waals surface area contributed by atoms with Crippen LogP contribution in [0.4, 0.5) is 5.69 Å². The van der Waals surface area contributed by atoms with E-state index in [0.29, 0.717) is 17.1 Å². The summed E-state index contributed by atoms with van der Waals surface area (Å²) in [4.78, 5) is 16.1. The van der Waals surface area contributed by atoms with Crippen molar-refractivity contribution in [3.63, 3.8) is 0 Å². The highest BCUT2D eigenvalue weighted by Gasteiger charge is 2.09. The largest absolute Gasteiger partial charge is 0.319 e. The molecule has 0 aliphatic carbocycles. The molecule has 1 amide bonds. The molecule has 0 atom stereocenters. The van der Waals surface area contributed by atoms with E-state index in [4.69, 9.17) is 0 Å². The van der Waals surface area contributed by atoms with Gasteiger partial charge in [0.2, 0.25) is 0 Å². The van der Waals surface area contributed by atoms with Crippen LogP contribution in [0.15, 0.2) is 49.2 Å². The van der Waals surface area contributed by atoms with Crippen LogP contribution in [0.25, 0.3) is 5.82 Å². The SMILES string of the molecule is Cn1cc(C(=O)Nc2cnn(-c3ccccn3)c2)cn1. The van der Waals surface area contributed by atoms with Crippen LogP contribution >= 0.6 is 0 Å². The standard InChI is InChI=1S/C13H12N6O/c1-18-8-10(6-15-18)13(20)17-11-7-16-19(9-11)12-4-2-3-5-14-12/h2-9H,1H3,(H,17,20). The Balaban J connectivity index is 1.76. The fourth-order valence-corrected chi connectivity index (χ4v) is 1.74. The first kappa shape index (κ1) is 12.1. The van der Waals surface area contributed by atoms with Crippen molar-refractivity contribution < 1.29 is 4.79 Å². The van der Waals surface area contributed by atoms with Crippen LogP contribution < -0.4 is 5.32 Å². The number of pyridine rings is 1. The Kier molecular flexibility index (Phi) is 3.00. The van der Waals surface area contributed by atoms with Gasteiger partial charge in [-0.3, -0.25) is 9.48 Å². The van der Waals surface area contributed by atoms with Gasteiger partial charge in [-0.25, -0.2) is 9.67 Å². The molecule has 0 aliphatic rings. The second kappa shape index (κ2) is 4.96. The number of carbonyl (C=O) groups excluding carboxylic acids is 1. The lowest BCUT2D eigenvalue weighted by molar-refractivity contribution is 0.102. The first-order valence-electron chi connectivity index (χ1n) is 5.98. The Bertz CT molecular complexity index is 730. The third-order valence-corrected chi connectivity index (χ3v) is 2.69. The molecule has 7 heteroatoms. The molecule has 0 saturated carbocycles. The third-order valence-electron chi connectivity index (χ3n) is 2.69. The van der Waals surface area contributed by atoms with Gasteiger partial charge in [-0.15, -0.1) is 0 Å². The summed E-state index contributed by atoms with van der Waals surface area (Å²) in [6.45, 7) is 0. The molecular weight excluding hydrogens is 256 g/mol. The van der Waals surface area contributed by atoms with E-state index in [-0.39, 0.29) is 5.91 Å². The smallest absolute Gasteiger partial charge is 0.258 e. The van der Waals surface area contributed by atoms with E-state index < -0.39 is 0 Å². The minimum absolute atomic E-state index is 0.223. The highest BCUT2D eigenvalue weighted by atomic mass is 16.1. The summed E-state index contributed by atoms with van der Waals surface area (Å²) in [5.41, 5.74) is 1.10. The highest BCUT2D eigenvalue weighted by molar-refractivity contribution is 6.03. The monoisotopic (exact) mass is 268 g/mol. The quantitative estimate of drug-likeness (QED) is 0.775. The molecule has 0 radical (unpaired) electrons. The number of hydrogen-bond donors (Lipinski definition) is 1. The van der Waals surface area contributed by atoms with Gasteiger partial charge in [0.15, 0.2) is 5.82 Å². The number of carbonyl (C=O) groups is 1.